The van der Waals surface area contributed by atoms with Crippen molar-refractivity contribution in [2.45, 2.75) is 6.42 Å². The van der Waals surface area contributed by atoms with Crippen LogP contribution in [0, 0.1) is 12.3 Å². The molecule has 0 aliphatic heterocycles. The number of methoxy groups -OCH3 is 1. The molecule has 0 unspecified atom stereocenters. The van der Waals surface area contributed by atoms with E-state index in [2.05, 4.69) is 15.4 Å². The second-order valence-electron chi connectivity index (χ2n) is 1.58. The Morgan fingerprint density at radius 3 is 2.55 bits per heavy atom. The number of esters is 2. The van der Waals surface area contributed by atoms with Gasteiger partial charge in [-0.25, -0.2) is 9.59 Å². The molecule has 0 fully saturated rings. The number of ether oxygens (including phenoxy) is 2. The number of carbonyl (C=O) groups is 2. The zero-order valence-corrected chi connectivity index (χ0v) is 6.12. The minimum atomic E-state index is -1.01. The van der Waals surface area contributed by atoms with Gasteiger partial charge in [0.25, 0.3) is 0 Å². The fourth-order valence-corrected chi connectivity index (χ4v) is 0.345. The van der Waals surface area contributed by atoms with Crippen LogP contribution < -0.4 is 0 Å². The molecule has 0 aromatic heterocycles. The zero-order valence-electron chi connectivity index (χ0n) is 6.12. The van der Waals surface area contributed by atoms with Crippen molar-refractivity contribution in [2.24, 2.45) is 0 Å². The largest absolute Gasteiger partial charge is 0.461 e. The maximum absolute atomic E-state index is 10.5. The van der Waals surface area contributed by atoms with Crippen LogP contribution in [0.3, 0.4) is 0 Å². The van der Waals surface area contributed by atoms with Crippen molar-refractivity contribution < 1.29 is 19.1 Å². The van der Waals surface area contributed by atoms with Crippen LogP contribution in [0.25, 0.3) is 0 Å². The first-order valence-electron chi connectivity index (χ1n) is 2.91. The molecule has 0 saturated heterocycles. The van der Waals surface area contributed by atoms with Crippen LogP contribution in [0.5, 0.6) is 0 Å². The predicted octanol–water partition coefficient (Wildman–Crippen LogP) is -0.274. The summed E-state index contributed by atoms with van der Waals surface area (Å²) < 4.78 is 8.46. The molecule has 0 aliphatic carbocycles. The molecule has 0 saturated carbocycles. The Kier molecular flexibility index (Phi) is 4.58. The molecule has 60 valence electrons. The molecule has 0 radical (unpaired) electrons. The predicted molar refractivity (Wildman–Crippen MR) is 36.4 cm³/mol. The summed E-state index contributed by atoms with van der Waals surface area (Å²) in [5.74, 6) is 0.227. The van der Waals surface area contributed by atoms with Gasteiger partial charge < -0.3 is 9.47 Å². The van der Waals surface area contributed by atoms with Crippen molar-refractivity contribution in [1.82, 2.24) is 0 Å². The van der Waals surface area contributed by atoms with Crippen molar-refractivity contribution >= 4 is 11.9 Å². The van der Waals surface area contributed by atoms with E-state index >= 15 is 0 Å². The van der Waals surface area contributed by atoms with Crippen molar-refractivity contribution in [3.05, 3.63) is 0 Å². The number of carbonyl (C=O) groups excluding carboxylic acids is 2. The van der Waals surface area contributed by atoms with Gasteiger partial charge in [0.05, 0.1) is 7.11 Å². The zero-order chi connectivity index (χ0) is 8.69. The summed E-state index contributed by atoms with van der Waals surface area (Å²) in [6.07, 6.45) is 5.16. The number of rotatable bonds is 2. The Morgan fingerprint density at radius 1 is 1.45 bits per heavy atom. The summed E-state index contributed by atoms with van der Waals surface area (Å²) >= 11 is 0. The maximum atomic E-state index is 10.5. The van der Waals surface area contributed by atoms with Crippen molar-refractivity contribution in [3.63, 3.8) is 0 Å². The van der Waals surface area contributed by atoms with Gasteiger partial charge in [-0.3, -0.25) is 0 Å². The highest BCUT2D eigenvalue weighted by Crippen LogP contribution is 1.84. The summed E-state index contributed by atoms with van der Waals surface area (Å²) in [5, 5.41) is 0. The summed E-state index contributed by atoms with van der Waals surface area (Å²) in [5.41, 5.74) is 0. The van der Waals surface area contributed by atoms with Crippen LogP contribution in [0.1, 0.15) is 6.42 Å². The van der Waals surface area contributed by atoms with Gasteiger partial charge in [-0.1, -0.05) is 0 Å². The van der Waals surface area contributed by atoms with Gasteiger partial charge in [-0.2, -0.15) is 0 Å². The lowest BCUT2D eigenvalue weighted by atomic mass is 10.5. The van der Waals surface area contributed by atoms with Gasteiger partial charge in [0.2, 0.25) is 0 Å². The lowest BCUT2D eigenvalue weighted by Crippen LogP contribution is -2.19. The van der Waals surface area contributed by atoms with Gasteiger partial charge in [-0.15, -0.1) is 12.3 Å². The Balaban J connectivity index is 3.54. The van der Waals surface area contributed by atoms with Gasteiger partial charge in [0, 0.05) is 6.42 Å². The maximum Gasteiger partial charge on any atom is 0.417 e. The van der Waals surface area contributed by atoms with Crippen LogP contribution in [0.2, 0.25) is 0 Å². The standard InChI is InChI=1S/C7H8O4/c1-3-4-5-11-7(9)6(8)10-2/h1H,4-5H2,2H3. The molecular weight excluding hydrogens is 148 g/mol. The second kappa shape index (κ2) is 5.30. The van der Waals surface area contributed by atoms with Crippen molar-refractivity contribution in [1.29, 1.82) is 0 Å². The van der Waals surface area contributed by atoms with E-state index in [1.54, 1.807) is 0 Å². The average Bonchev–Trinajstić information content (AvgIpc) is 2.03. The van der Waals surface area contributed by atoms with Crippen molar-refractivity contribution in [3.8, 4) is 12.3 Å². The summed E-state index contributed by atoms with van der Waals surface area (Å²) in [6.45, 7) is 0.0461. The summed E-state index contributed by atoms with van der Waals surface area (Å²) in [7, 11) is 1.10. The molecule has 0 aliphatic rings. The third kappa shape index (κ3) is 3.98. The van der Waals surface area contributed by atoms with E-state index in [4.69, 9.17) is 6.42 Å². The molecule has 0 atom stereocenters. The van der Waals surface area contributed by atoms with E-state index in [0.717, 1.165) is 7.11 Å². The SMILES string of the molecule is C#CCCOC(=O)C(=O)OC. The Bertz CT molecular complexity index is 189. The molecule has 0 N–H and O–H groups in total. The van der Waals surface area contributed by atoms with Gasteiger partial charge in [0.1, 0.15) is 6.61 Å². The number of hydrogen-bond acceptors (Lipinski definition) is 4. The molecule has 0 aromatic carbocycles. The Hall–Kier alpha value is -1.50. The normalized spacial score (nSPS) is 8.00. The second-order valence-corrected chi connectivity index (χ2v) is 1.58. The first kappa shape index (κ1) is 9.50. The van der Waals surface area contributed by atoms with Gasteiger partial charge >= 0.3 is 11.9 Å². The van der Waals surface area contributed by atoms with E-state index < -0.39 is 11.9 Å². The van der Waals surface area contributed by atoms with Crippen LogP contribution in [-0.2, 0) is 19.1 Å². The highest BCUT2D eigenvalue weighted by Gasteiger charge is 2.14. The summed E-state index contributed by atoms with van der Waals surface area (Å²) in [6, 6.07) is 0. The molecule has 0 heterocycles. The third-order valence-electron chi connectivity index (χ3n) is 0.832. The van der Waals surface area contributed by atoms with Crippen LogP contribution in [0.4, 0.5) is 0 Å². The minimum Gasteiger partial charge on any atom is -0.461 e. The smallest absolute Gasteiger partial charge is 0.417 e. The number of hydrogen-bond donors (Lipinski definition) is 0. The van der Waals surface area contributed by atoms with E-state index in [0.29, 0.717) is 6.42 Å². The molecule has 11 heavy (non-hydrogen) atoms. The topological polar surface area (TPSA) is 52.6 Å². The van der Waals surface area contributed by atoms with Gasteiger partial charge in [0.15, 0.2) is 0 Å². The molecule has 0 spiro atoms. The Labute approximate surface area is 64.5 Å². The van der Waals surface area contributed by atoms with Gasteiger partial charge in [-0.05, 0) is 0 Å². The van der Waals surface area contributed by atoms with E-state index in [-0.39, 0.29) is 6.61 Å². The average molecular weight is 156 g/mol. The third-order valence-corrected chi connectivity index (χ3v) is 0.832. The fraction of sp³-hybridized carbons (Fsp3) is 0.429. The molecule has 0 bridgehead atoms. The van der Waals surface area contributed by atoms with E-state index in [1.807, 2.05) is 0 Å². The highest BCUT2D eigenvalue weighted by molar-refractivity contribution is 6.29. The van der Waals surface area contributed by atoms with Crippen LogP contribution >= 0.6 is 0 Å². The quantitative estimate of drug-likeness (QED) is 0.239. The molecule has 0 amide bonds. The molecular formula is C7H8O4. The molecule has 4 nitrogen and oxygen atoms in total. The molecule has 0 aromatic rings. The summed E-state index contributed by atoms with van der Waals surface area (Å²) in [4.78, 5) is 20.8. The van der Waals surface area contributed by atoms with E-state index in [9.17, 15) is 9.59 Å². The monoisotopic (exact) mass is 156 g/mol. The molecule has 0 rings (SSSR count). The first-order chi connectivity index (χ1) is 5.22. The first-order valence-corrected chi connectivity index (χ1v) is 2.91. The Morgan fingerprint density at radius 2 is 2.09 bits per heavy atom. The lowest BCUT2D eigenvalue weighted by Gasteiger charge is -1.98. The number of terminal acetylenes is 1. The molecule has 4 heteroatoms. The minimum absolute atomic E-state index is 0.0461. The highest BCUT2D eigenvalue weighted by atomic mass is 16.6. The lowest BCUT2D eigenvalue weighted by molar-refractivity contribution is -0.165. The fourth-order valence-electron chi connectivity index (χ4n) is 0.345. The van der Waals surface area contributed by atoms with E-state index in [1.165, 1.54) is 0 Å². The van der Waals surface area contributed by atoms with Crippen LogP contribution in [0.15, 0.2) is 0 Å². The van der Waals surface area contributed by atoms with Crippen molar-refractivity contribution in [2.75, 3.05) is 13.7 Å². The van der Waals surface area contributed by atoms with Crippen LogP contribution in [-0.4, -0.2) is 25.7 Å².